The molecule has 204 valence electrons. The van der Waals surface area contributed by atoms with E-state index < -0.39 is 0 Å². The number of amides is 2. The molecule has 0 saturated carbocycles. The predicted molar refractivity (Wildman–Crippen MR) is 144 cm³/mol. The van der Waals surface area contributed by atoms with Gasteiger partial charge in [-0.05, 0) is 12.8 Å². The highest BCUT2D eigenvalue weighted by atomic mass is 35.5. The van der Waals surface area contributed by atoms with E-state index in [2.05, 4.69) is 13.8 Å². The first-order valence-electron chi connectivity index (χ1n) is 14.9. The monoisotopic (exact) mass is 501 g/mol. The summed E-state index contributed by atoms with van der Waals surface area (Å²) in [6.07, 6.45) is 29.3. The summed E-state index contributed by atoms with van der Waals surface area (Å²) < 4.78 is -0.0600. The Morgan fingerprint density at radius 3 is 0.853 bits per heavy atom. The lowest BCUT2D eigenvalue weighted by Gasteiger charge is -2.24. The largest absolute Gasteiger partial charge is 1.00 e. The van der Waals surface area contributed by atoms with E-state index in [1.807, 2.05) is 0 Å². The molecule has 0 aliphatic carbocycles. The lowest BCUT2D eigenvalue weighted by molar-refractivity contribution is -0.736. The molecule has 0 saturated heterocycles. The summed E-state index contributed by atoms with van der Waals surface area (Å²) in [7, 11) is 3.59. The lowest BCUT2D eigenvalue weighted by atomic mass is 10.0. The third-order valence-corrected chi connectivity index (χ3v) is 7.24. The molecular weight excluding hydrogens is 442 g/mol. The molecule has 0 radical (unpaired) electrons. The van der Waals surface area contributed by atoms with Crippen molar-refractivity contribution in [2.75, 3.05) is 14.1 Å². The van der Waals surface area contributed by atoms with Gasteiger partial charge in [0.2, 0.25) is 0 Å². The Morgan fingerprint density at radius 2 is 0.618 bits per heavy atom. The highest BCUT2D eigenvalue weighted by molar-refractivity contribution is 5.84. The molecule has 0 aliphatic heterocycles. The Bertz CT molecular complexity index is 425. The zero-order valence-electron chi connectivity index (χ0n) is 23.6. The van der Waals surface area contributed by atoms with Crippen LogP contribution in [0.5, 0.6) is 0 Å². The van der Waals surface area contributed by atoms with Gasteiger partial charge in [-0.1, -0.05) is 142 Å². The molecule has 0 aromatic rings. The Balaban J connectivity index is 0. The highest BCUT2D eigenvalue weighted by Crippen LogP contribution is 2.16. The van der Waals surface area contributed by atoms with Crippen molar-refractivity contribution in [3.63, 3.8) is 0 Å². The summed E-state index contributed by atoms with van der Waals surface area (Å²) in [6.45, 7) is 4.53. The smallest absolute Gasteiger partial charge is 0.320 e. The van der Waals surface area contributed by atoms with Crippen LogP contribution in [0.3, 0.4) is 0 Å². The van der Waals surface area contributed by atoms with E-state index in [4.69, 9.17) is 0 Å². The van der Waals surface area contributed by atoms with Gasteiger partial charge in [0.15, 0.2) is 0 Å². The van der Waals surface area contributed by atoms with E-state index in [0.29, 0.717) is 12.8 Å². The fourth-order valence-electron chi connectivity index (χ4n) is 4.58. The van der Waals surface area contributed by atoms with Crippen molar-refractivity contribution in [3.8, 4) is 0 Å². The predicted octanol–water partition coefficient (Wildman–Crippen LogP) is 6.52. The molecule has 3 nitrogen and oxygen atoms in total. The summed E-state index contributed by atoms with van der Waals surface area (Å²) in [4.78, 5) is 25.2. The van der Waals surface area contributed by atoms with Gasteiger partial charge in [-0.15, -0.1) is 0 Å². The maximum Gasteiger partial charge on any atom is 0.320 e. The van der Waals surface area contributed by atoms with Crippen LogP contribution in [0.25, 0.3) is 0 Å². The van der Waals surface area contributed by atoms with Gasteiger partial charge in [0, 0.05) is 0 Å². The first kappa shape index (κ1) is 35.8. The number of imide groups is 1. The topological polar surface area (TPSA) is 34.1 Å². The van der Waals surface area contributed by atoms with E-state index in [0.717, 1.165) is 25.7 Å². The van der Waals surface area contributed by atoms with Crippen molar-refractivity contribution >= 4 is 11.8 Å². The van der Waals surface area contributed by atoms with Crippen molar-refractivity contribution < 1.29 is 26.5 Å². The zero-order chi connectivity index (χ0) is 24.6. The molecule has 0 aliphatic rings. The maximum absolute atomic E-state index is 12.6. The van der Waals surface area contributed by atoms with Gasteiger partial charge in [0.1, 0.15) is 0 Å². The molecule has 4 heteroatoms. The quantitative estimate of drug-likeness (QED) is 0.111. The Labute approximate surface area is 220 Å². The fourth-order valence-corrected chi connectivity index (χ4v) is 4.58. The van der Waals surface area contributed by atoms with E-state index in [9.17, 15) is 9.59 Å². The number of halogens is 1. The van der Waals surface area contributed by atoms with Crippen LogP contribution in [-0.2, 0) is 9.59 Å². The minimum Gasteiger partial charge on any atom is -1.00 e. The normalized spacial score (nSPS) is 11.4. The van der Waals surface area contributed by atoms with Gasteiger partial charge < -0.3 is 12.4 Å². The number of hydrogen-bond acceptors (Lipinski definition) is 2. The molecule has 34 heavy (non-hydrogen) atoms. The Kier molecular flexibility index (Phi) is 27.0. The van der Waals surface area contributed by atoms with Crippen LogP contribution in [0.2, 0.25) is 0 Å². The SMILES string of the molecule is CCCCCCCCCCCCCC(=O)[N+](C)(C)C(=O)CCCCCCCCCCCCC.[Cl-]. The molecule has 0 aromatic heterocycles. The van der Waals surface area contributed by atoms with Crippen LogP contribution in [0.4, 0.5) is 0 Å². The Morgan fingerprint density at radius 1 is 0.412 bits per heavy atom. The van der Waals surface area contributed by atoms with Gasteiger partial charge in [-0.2, -0.15) is 0 Å². The van der Waals surface area contributed by atoms with Gasteiger partial charge >= 0.3 is 11.8 Å². The van der Waals surface area contributed by atoms with Crippen molar-refractivity contribution in [2.45, 2.75) is 168 Å². The van der Waals surface area contributed by atoms with Crippen molar-refractivity contribution in [1.29, 1.82) is 0 Å². The minimum absolute atomic E-state index is 0. The van der Waals surface area contributed by atoms with Crippen LogP contribution < -0.4 is 12.4 Å². The number of nitrogens with zero attached hydrogens (tertiary/aromatic N) is 1. The second-order valence-electron chi connectivity index (χ2n) is 10.8. The fraction of sp³-hybridized carbons (Fsp3) is 0.933. The first-order valence-corrected chi connectivity index (χ1v) is 14.9. The number of rotatable bonds is 24. The molecule has 0 heterocycles. The van der Waals surface area contributed by atoms with Crippen molar-refractivity contribution in [3.05, 3.63) is 0 Å². The first-order chi connectivity index (χ1) is 16.0. The number of carbonyl (C=O) groups is 2. The van der Waals surface area contributed by atoms with Gasteiger partial charge in [0.05, 0.1) is 26.9 Å². The third-order valence-electron chi connectivity index (χ3n) is 7.24. The molecule has 0 aromatic carbocycles. The summed E-state index contributed by atoms with van der Waals surface area (Å²) in [5.41, 5.74) is 0. The summed E-state index contributed by atoms with van der Waals surface area (Å²) in [5, 5.41) is 0. The van der Waals surface area contributed by atoms with Gasteiger partial charge in [0.25, 0.3) is 0 Å². The molecule has 0 unspecified atom stereocenters. The number of carbonyl (C=O) groups excluding carboxylic acids is 2. The maximum atomic E-state index is 12.6. The average Bonchev–Trinajstić information content (AvgIpc) is 2.80. The average molecular weight is 502 g/mol. The van der Waals surface area contributed by atoms with Crippen LogP contribution in [-0.4, -0.2) is 30.4 Å². The lowest BCUT2D eigenvalue weighted by Crippen LogP contribution is -3.00. The summed E-state index contributed by atoms with van der Waals surface area (Å²) in [6, 6.07) is 0. The third kappa shape index (κ3) is 20.9. The standard InChI is InChI=1S/C30H60NO2.ClH/c1-5-7-9-11-13-15-17-19-21-23-25-27-29(32)31(3,4)30(33)28-26-24-22-20-18-16-14-12-10-8-6-2;/h5-28H2,1-4H3;1H/q+1;/p-1. The molecule has 0 atom stereocenters. The zero-order valence-corrected chi connectivity index (χ0v) is 24.4. The van der Waals surface area contributed by atoms with E-state index in [1.54, 1.807) is 14.1 Å². The van der Waals surface area contributed by atoms with Gasteiger partial charge in [-0.3, -0.25) is 0 Å². The number of unbranched alkanes of at least 4 members (excludes halogenated alkanes) is 20. The molecular formula is C30H60ClNO2. The highest BCUT2D eigenvalue weighted by Gasteiger charge is 2.33. The van der Waals surface area contributed by atoms with E-state index in [1.165, 1.54) is 116 Å². The van der Waals surface area contributed by atoms with Crippen LogP contribution in [0.15, 0.2) is 0 Å². The van der Waals surface area contributed by atoms with Crippen molar-refractivity contribution in [2.24, 2.45) is 0 Å². The van der Waals surface area contributed by atoms with Gasteiger partial charge in [-0.25, -0.2) is 14.1 Å². The Hall–Kier alpha value is -0.410. The van der Waals surface area contributed by atoms with E-state index >= 15 is 0 Å². The molecule has 2 amide bonds. The number of quaternary nitrogens is 1. The molecule has 0 rings (SSSR count). The van der Waals surface area contributed by atoms with Crippen LogP contribution in [0, 0.1) is 0 Å². The summed E-state index contributed by atoms with van der Waals surface area (Å²) in [5.74, 6) is 0.193. The number of hydrogen-bond donors (Lipinski definition) is 0. The molecule has 0 spiro atoms. The molecule has 0 N–H and O–H groups in total. The van der Waals surface area contributed by atoms with Crippen LogP contribution >= 0.6 is 0 Å². The summed E-state index contributed by atoms with van der Waals surface area (Å²) >= 11 is 0. The second-order valence-corrected chi connectivity index (χ2v) is 10.8. The molecule has 0 fully saturated rings. The molecule has 0 bridgehead atoms. The minimum atomic E-state index is -0.0600. The van der Waals surface area contributed by atoms with Crippen LogP contribution in [0.1, 0.15) is 168 Å². The second kappa shape index (κ2) is 25.7. The van der Waals surface area contributed by atoms with E-state index in [-0.39, 0.29) is 28.7 Å². The van der Waals surface area contributed by atoms with Crippen molar-refractivity contribution in [1.82, 2.24) is 0 Å².